The van der Waals surface area contributed by atoms with Crippen LogP contribution in [0.15, 0.2) is 84.9 Å². The van der Waals surface area contributed by atoms with E-state index in [2.05, 4.69) is 113 Å². The van der Waals surface area contributed by atoms with Crippen LogP contribution in [-0.4, -0.2) is 0 Å². The Morgan fingerprint density at radius 2 is 0.750 bits per heavy atom. The van der Waals surface area contributed by atoms with Crippen molar-refractivity contribution >= 4 is 0 Å². The average Bonchev–Trinajstić information content (AvgIpc) is 2.63. The molecule has 0 radical (unpaired) electrons. The normalized spacial score (nSPS) is 12.2. The van der Waals surface area contributed by atoms with Crippen LogP contribution in [0.25, 0.3) is 0 Å². The molecule has 0 spiro atoms. The van der Waals surface area contributed by atoms with Crippen LogP contribution in [0, 0.1) is 0 Å². The van der Waals surface area contributed by atoms with Gasteiger partial charge in [0.2, 0.25) is 0 Å². The predicted molar refractivity (Wildman–Crippen MR) is 104 cm³/mol. The smallest absolute Gasteiger partial charge is 0.0146 e. The summed E-state index contributed by atoms with van der Waals surface area (Å²) in [6, 6.07) is 30.6. The minimum Gasteiger partial charge on any atom is -0.0622 e. The van der Waals surface area contributed by atoms with E-state index in [9.17, 15) is 0 Å². The zero-order chi connectivity index (χ0) is 17.2. The van der Waals surface area contributed by atoms with Crippen molar-refractivity contribution < 1.29 is 0 Å². The van der Waals surface area contributed by atoms with Crippen LogP contribution in [0.5, 0.6) is 0 Å². The number of hydrogen-bond acceptors (Lipinski definition) is 0. The lowest BCUT2D eigenvalue weighted by Gasteiger charge is -2.30. The Morgan fingerprint density at radius 1 is 0.417 bits per heavy atom. The molecule has 0 aliphatic heterocycles. The lowest BCUT2D eigenvalue weighted by atomic mass is 9.73. The van der Waals surface area contributed by atoms with Crippen molar-refractivity contribution in [3.8, 4) is 0 Å². The maximum Gasteiger partial charge on any atom is 0.0146 e. The highest BCUT2D eigenvalue weighted by molar-refractivity contribution is 5.44. The molecule has 0 heteroatoms. The Hall–Kier alpha value is -2.34. The molecule has 0 atom stereocenters. The fourth-order valence-electron chi connectivity index (χ4n) is 3.34. The molecule has 0 aliphatic rings. The van der Waals surface area contributed by atoms with Crippen molar-refractivity contribution in [3.05, 3.63) is 107 Å². The Balaban J connectivity index is 2.04. The van der Waals surface area contributed by atoms with Gasteiger partial charge >= 0.3 is 0 Å². The van der Waals surface area contributed by atoms with E-state index in [0.717, 1.165) is 0 Å². The lowest BCUT2D eigenvalue weighted by molar-refractivity contribution is 0.617. The highest BCUT2D eigenvalue weighted by Crippen LogP contribution is 2.36. The fourth-order valence-corrected chi connectivity index (χ4v) is 3.34. The standard InChI is InChI=1S/C24H26/c1-23(2,19-12-7-5-8-13-19)21-16-11-17-22(18-21)24(3,4)20-14-9-6-10-15-20/h5-18H,1-4H3. The summed E-state index contributed by atoms with van der Waals surface area (Å²) in [4.78, 5) is 0. The van der Waals surface area contributed by atoms with Crippen LogP contribution in [0.4, 0.5) is 0 Å². The first-order valence-electron chi connectivity index (χ1n) is 8.64. The van der Waals surface area contributed by atoms with Crippen molar-refractivity contribution in [2.45, 2.75) is 38.5 Å². The van der Waals surface area contributed by atoms with Gasteiger partial charge < -0.3 is 0 Å². The van der Waals surface area contributed by atoms with Gasteiger partial charge in [-0.2, -0.15) is 0 Å². The van der Waals surface area contributed by atoms with Crippen LogP contribution in [0.1, 0.15) is 49.9 Å². The SMILES string of the molecule is CC(C)(c1ccccc1)c1cccc(C(C)(C)c2ccccc2)c1. The molecule has 122 valence electrons. The third kappa shape index (κ3) is 3.01. The minimum atomic E-state index is -0.00988. The van der Waals surface area contributed by atoms with Crippen LogP contribution in [0.3, 0.4) is 0 Å². The molecule has 0 aromatic heterocycles. The molecule has 0 aliphatic carbocycles. The first-order chi connectivity index (χ1) is 11.4. The van der Waals surface area contributed by atoms with Gasteiger partial charge in [0.15, 0.2) is 0 Å². The molecule has 0 unspecified atom stereocenters. The Morgan fingerprint density at radius 3 is 1.12 bits per heavy atom. The van der Waals surface area contributed by atoms with E-state index in [1.54, 1.807) is 0 Å². The van der Waals surface area contributed by atoms with Gasteiger partial charge in [-0.15, -0.1) is 0 Å². The minimum absolute atomic E-state index is 0.00988. The summed E-state index contributed by atoms with van der Waals surface area (Å²) in [6.45, 7) is 9.21. The van der Waals surface area contributed by atoms with Crippen LogP contribution in [-0.2, 0) is 10.8 Å². The van der Waals surface area contributed by atoms with Gasteiger partial charge in [-0.1, -0.05) is 113 Å². The van der Waals surface area contributed by atoms with Crippen LogP contribution in [0.2, 0.25) is 0 Å². The quantitative estimate of drug-likeness (QED) is 0.527. The van der Waals surface area contributed by atoms with E-state index in [1.165, 1.54) is 22.3 Å². The third-order valence-corrected chi connectivity index (χ3v) is 5.30. The summed E-state index contributed by atoms with van der Waals surface area (Å²) in [7, 11) is 0. The number of hydrogen-bond donors (Lipinski definition) is 0. The molecular formula is C24H26. The maximum absolute atomic E-state index is 2.38. The van der Waals surface area contributed by atoms with E-state index in [1.807, 2.05) is 0 Å². The Labute approximate surface area is 146 Å². The van der Waals surface area contributed by atoms with E-state index in [4.69, 9.17) is 0 Å². The zero-order valence-corrected chi connectivity index (χ0v) is 15.1. The van der Waals surface area contributed by atoms with Crippen molar-refractivity contribution in [3.63, 3.8) is 0 Å². The second kappa shape index (κ2) is 6.28. The van der Waals surface area contributed by atoms with E-state index >= 15 is 0 Å². The summed E-state index contributed by atoms with van der Waals surface area (Å²) in [5.74, 6) is 0. The van der Waals surface area contributed by atoms with Crippen molar-refractivity contribution in [2.24, 2.45) is 0 Å². The van der Waals surface area contributed by atoms with Crippen LogP contribution >= 0.6 is 0 Å². The van der Waals surface area contributed by atoms with Gasteiger partial charge in [0.1, 0.15) is 0 Å². The monoisotopic (exact) mass is 314 g/mol. The molecule has 0 amide bonds. The number of benzene rings is 3. The second-order valence-electron chi connectivity index (χ2n) is 7.56. The molecule has 3 rings (SSSR count). The van der Waals surface area contributed by atoms with Gasteiger partial charge in [-0.3, -0.25) is 0 Å². The van der Waals surface area contributed by atoms with Crippen molar-refractivity contribution in [1.82, 2.24) is 0 Å². The van der Waals surface area contributed by atoms with Gasteiger partial charge in [0.05, 0.1) is 0 Å². The Kier molecular flexibility index (Phi) is 4.32. The highest BCUT2D eigenvalue weighted by atomic mass is 14.3. The van der Waals surface area contributed by atoms with Crippen molar-refractivity contribution in [1.29, 1.82) is 0 Å². The molecule has 0 saturated carbocycles. The summed E-state index contributed by atoms with van der Waals surface area (Å²) < 4.78 is 0. The van der Waals surface area contributed by atoms with E-state index in [-0.39, 0.29) is 10.8 Å². The topological polar surface area (TPSA) is 0 Å². The first-order valence-corrected chi connectivity index (χ1v) is 8.64. The van der Waals surface area contributed by atoms with E-state index < -0.39 is 0 Å². The van der Waals surface area contributed by atoms with Gasteiger partial charge in [0.25, 0.3) is 0 Å². The average molecular weight is 314 g/mol. The van der Waals surface area contributed by atoms with Crippen molar-refractivity contribution in [2.75, 3.05) is 0 Å². The second-order valence-corrected chi connectivity index (χ2v) is 7.56. The summed E-state index contributed by atoms with van der Waals surface area (Å²) in [6.07, 6.45) is 0. The molecule has 0 fully saturated rings. The largest absolute Gasteiger partial charge is 0.0622 e. The lowest BCUT2D eigenvalue weighted by Crippen LogP contribution is -2.22. The summed E-state index contributed by atoms with van der Waals surface area (Å²) >= 11 is 0. The third-order valence-electron chi connectivity index (χ3n) is 5.30. The molecule has 0 heterocycles. The fraction of sp³-hybridized carbons (Fsp3) is 0.250. The molecule has 0 N–H and O–H groups in total. The molecule has 24 heavy (non-hydrogen) atoms. The predicted octanol–water partition coefficient (Wildman–Crippen LogP) is 6.34. The zero-order valence-electron chi connectivity index (χ0n) is 15.1. The summed E-state index contributed by atoms with van der Waals surface area (Å²) in [5.41, 5.74) is 5.39. The van der Waals surface area contributed by atoms with Gasteiger partial charge in [-0.25, -0.2) is 0 Å². The maximum atomic E-state index is 2.38. The van der Waals surface area contributed by atoms with Gasteiger partial charge in [-0.05, 0) is 22.3 Å². The van der Waals surface area contributed by atoms with E-state index in [0.29, 0.717) is 0 Å². The highest BCUT2D eigenvalue weighted by Gasteiger charge is 2.27. The Bertz CT molecular complexity index is 729. The van der Waals surface area contributed by atoms with Gasteiger partial charge in [0, 0.05) is 10.8 Å². The molecular weight excluding hydrogens is 288 g/mol. The molecule has 3 aromatic rings. The summed E-state index contributed by atoms with van der Waals surface area (Å²) in [5, 5.41) is 0. The molecule has 0 saturated heterocycles. The molecule has 0 bridgehead atoms. The molecule has 3 aromatic carbocycles. The first kappa shape index (κ1) is 16.5. The number of rotatable bonds is 4. The van der Waals surface area contributed by atoms with Crippen LogP contribution < -0.4 is 0 Å². The molecule has 0 nitrogen and oxygen atoms in total.